The van der Waals surface area contributed by atoms with E-state index in [9.17, 15) is 18.0 Å². The number of nitrogens with zero attached hydrogens (tertiary/aromatic N) is 1. The second kappa shape index (κ2) is 6.85. The molecule has 1 aliphatic heterocycles. The Hall–Kier alpha value is -1.31. The third kappa shape index (κ3) is 4.59. The van der Waals surface area contributed by atoms with Crippen molar-refractivity contribution in [3.63, 3.8) is 0 Å². The van der Waals surface area contributed by atoms with Gasteiger partial charge in [0.2, 0.25) is 11.8 Å². The number of halogens is 2. The molecule has 2 amide bonds. The summed E-state index contributed by atoms with van der Waals surface area (Å²) in [6.45, 7) is 0.533. The van der Waals surface area contributed by atoms with Gasteiger partial charge >= 0.3 is 0 Å². The van der Waals surface area contributed by atoms with E-state index in [0.717, 1.165) is 0 Å². The second-order valence-electron chi connectivity index (χ2n) is 4.95. The molecular formula is C13H14Cl2N2O4S. The van der Waals surface area contributed by atoms with Crippen LogP contribution in [-0.4, -0.2) is 50.5 Å². The summed E-state index contributed by atoms with van der Waals surface area (Å²) < 4.78 is 24.2. The summed E-state index contributed by atoms with van der Waals surface area (Å²) in [5.41, 5.74) is 0.457. The number of carbonyl (C=O) groups is 2. The number of piperazine rings is 1. The lowest BCUT2D eigenvalue weighted by Gasteiger charge is -2.26. The SMILES string of the molecule is O=C1CN(C(=O)CS(=O)(=O)Cc2ccc(Cl)c(Cl)c2)CCN1. The van der Waals surface area contributed by atoms with E-state index in [4.69, 9.17) is 23.2 Å². The minimum atomic E-state index is -3.65. The largest absolute Gasteiger partial charge is 0.353 e. The summed E-state index contributed by atoms with van der Waals surface area (Å²) in [6.07, 6.45) is 0. The lowest BCUT2D eigenvalue weighted by molar-refractivity contribution is -0.136. The average molecular weight is 365 g/mol. The molecule has 0 saturated carbocycles. The van der Waals surface area contributed by atoms with Crippen LogP contribution in [0, 0.1) is 0 Å². The highest BCUT2D eigenvalue weighted by atomic mass is 35.5. The van der Waals surface area contributed by atoms with E-state index in [0.29, 0.717) is 23.7 Å². The summed E-state index contributed by atoms with van der Waals surface area (Å²) in [7, 11) is -3.65. The van der Waals surface area contributed by atoms with Gasteiger partial charge in [-0.3, -0.25) is 9.59 Å². The molecule has 0 bridgehead atoms. The molecule has 1 fully saturated rings. The van der Waals surface area contributed by atoms with Crippen molar-refractivity contribution in [3.8, 4) is 0 Å². The molecule has 0 unspecified atom stereocenters. The smallest absolute Gasteiger partial charge is 0.239 e. The number of benzene rings is 1. The molecular weight excluding hydrogens is 351 g/mol. The van der Waals surface area contributed by atoms with Crippen LogP contribution in [0.1, 0.15) is 5.56 Å². The molecule has 0 radical (unpaired) electrons. The van der Waals surface area contributed by atoms with Gasteiger partial charge in [0.15, 0.2) is 9.84 Å². The van der Waals surface area contributed by atoms with Crippen molar-refractivity contribution in [2.24, 2.45) is 0 Å². The van der Waals surface area contributed by atoms with E-state index in [-0.39, 0.29) is 23.2 Å². The number of hydrogen-bond acceptors (Lipinski definition) is 4. The molecule has 1 aromatic rings. The number of carbonyl (C=O) groups excluding carboxylic acids is 2. The second-order valence-corrected chi connectivity index (χ2v) is 7.82. The molecule has 1 aliphatic rings. The fourth-order valence-corrected chi connectivity index (χ4v) is 3.73. The summed E-state index contributed by atoms with van der Waals surface area (Å²) in [6, 6.07) is 4.51. The summed E-state index contributed by atoms with van der Waals surface area (Å²) in [5.74, 6) is -1.81. The summed E-state index contributed by atoms with van der Waals surface area (Å²) in [4.78, 5) is 24.5. The number of nitrogens with one attached hydrogen (secondary N) is 1. The van der Waals surface area contributed by atoms with Crippen LogP contribution in [0.2, 0.25) is 10.0 Å². The predicted molar refractivity (Wildman–Crippen MR) is 83.5 cm³/mol. The number of hydrogen-bond donors (Lipinski definition) is 1. The third-order valence-electron chi connectivity index (χ3n) is 3.11. The van der Waals surface area contributed by atoms with Crippen LogP contribution in [-0.2, 0) is 25.2 Å². The molecule has 0 atom stereocenters. The molecule has 1 N–H and O–H groups in total. The number of rotatable bonds is 4. The first-order valence-corrected chi connectivity index (χ1v) is 9.03. The van der Waals surface area contributed by atoms with Gasteiger partial charge in [-0.05, 0) is 17.7 Å². The maximum atomic E-state index is 12.1. The van der Waals surface area contributed by atoms with E-state index in [1.54, 1.807) is 6.07 Å². The molecule has 0 aliphatic carbocycles. The minimum absolute atomic E-state index is 0.110. The molecule has 0 spiro atoms. The first-order chi connectivity index (χ1) is 10.3. The number of amides is 2. The van der Waals surface area contributed by atoms with Crippen LogP contribution in [0.5, 0.6) is 0 Å². The van der Waals surface area contributed by atoms with Gasteiger partial charge in [0.25, 0.3) is 0 Å². The first-order valence-electron chi connectivity index (χ1n) is 6.46. The summed E-state index contributed by atoms with van der Waals surface area (Å²) >= 11 is 11.6. The fraction of sp³-hybridized carbons (Fsp3) is 0.385. The van der Waals surface area contributed by atoms with Gasteiger partial charge in [-0.15, -0.1) is 0 Å². The van der Waals surface area contributed by atoms with Crippen LogP contribution in [0.25, 0.3) is 0 Å². The lowest BCUT2D eigenvalue weighted by atomic mass is 10.2. The molecule has 22 heavy (non-hydrogen) atoms. The van der Waals surface area contributed by atoms with E-state index in [1.165, 1.54) is 17.0 Å². The zero-order valence-electron chi connectivity index (χ0n) is 11.5. The third-order valence-corrected chi connectivity index (χ3v) is 5.30. The Balaban J connectivity index is 2.02. The van der Waals surface area contributed by atoms with E-state index >= 15 is 0 Å². The average Bonchev–Trinajstić information content (AvgIpc) is 2.42. The van der Waals surface area contributed by atoms with Crippen molar-refractivity contribution in [1.29, 1.82) is 0 Å². The molecule has 120 valence electrons. The Morgan fingerprint density at radius 1 is 1.27 bits per heavy atom. The van der Waals surface area contributed by atoms with Gasteiger partial charge in [0.05, 0.1) is 22.3 Å². The minimum Gasteiger partial charge on any atom is -0.353 e. The normalized spacial score (nSPS) is 15.5. The highest BCUT2D eigenvalue weighted by Gasteiger charge is 2.26. The van der Waals surface area contributed by atoms with Crippen molar-refractivity contribution >= 4 is 44.9 Å². The Morgan fingerprint density at radius 3 is 2.64 bits per heavy atom. The summed E-state index contributed by atoms with van der Waals surface area (Å²) in [5, 5.41) is 3.16. The zero-order valence-corrected chi connectivity index (χ0v) is 13.8. The maximum absolute atomic E-state index is 12.1. The molecule has 0 aromatic heterocycles. The van der Waals surface area contributed by atoms with Crippen molar-refractivity contribution in [3.05, 3.63) is 33.8 Å². The van der Waals surface area contributed by atoms with Crippen molar-refractivity contribution in [1.82, 2.24) is 10.2 Å². The zero-order chi connectivity index (χ0) is 16.3. The Bertz CT molecular complexity index is 706. The highest BCUT2D eigenvalue weighted by molar-refractivity contribution is 7.91. The van der Waals surface area contributed by atoms with Gasteiger partial charge in [0.1, 0.15) is 5.75 Å². The molecule has 2 rings (SSSR count). The van der Waals surface area contributed by atoms with Gasteiger partial charge in [-0.2, -0.15) is 0 Å². The van der Waals surface area contributed by atoms with Crippen molar-refractivity contribution in [2.45, 2.75) is 5.75 Å². The molecule has 9 heteroatoms. The van der Waals surface area contributed by atoms with Gasteiger partial charge in [-0.25, -0.2) is 8.42 Å². The predicted octanol–water partition coefficient (Wildman–Crippen LogP) is 0.867. The highest BCUT2D eigenvalue weighted by Crippen LogP contribution is 2.23. The van der Waals surface area contributed by atoms with Crippen LogP contribution >= 0.6 is 23.2 Å². The standard InChI is InChI=1S/C13H14Cl2N2O4S/c14-10-2-1-9(5-11(10)15)7-22(20,21)8-13(19)17-4-3-16-12(18)6-17/h1-2,5H,3-4,6-8H2,(H,16,18). The van der Waals surface area contributed by atoms with E-state index in [1.807, 2.05) is 0 Å². The monoisotopic (exact) mass is 364 g/mol. The van der Waals surface area contributed by atoms with E-state index in [2.05, 4.69) is 5.32 Å². The van der Waals surface area contributed by atoms with Crippen LogP contribution < -0.4 is 5.32 Å². The van der Waals surface area contributed by atoms with Gasteiger partial charge < -0.3 is 10.2 Å². The lowest BCUT2D eigenvalue weighted by Crippen LogP contribution is -2.51. The quantitative estimate of drug-likeness (QED) is 0.858. The van der Waals surface area contributed by atoms with Crippen LogP contribution in [0.4, 0.5) is 0 Å². The Kier molecular flexibility index (Phi) is 5.31. The Morgan fingerprint density at radius 2 is 2.00 bits per heavy atom. The van der Waals surface area contributed by atoms with E-state index < -0.39 is 21.5 Å². The van der Waals surface area contributed by atoms with Crippen molar-refractivity contribution in [2.75, 3.05) is 25.4 Å². The molecule has 6 nitrogen and oxygen atoms in total. The van der Waals surface area contributed by atoms with Gasteiger partial charge in [0, 0.05) is 13.1 Å². The topological polar surface area (TPSA) is 83.6 Å². The van der Waals surface area contributed by atoms with Gasteiger partial charge in [-0.1, -0.05) is 29.3 Å². The van der Waals surface area contributed by atoms with Crippen LogP contribution in [0.3, 0.4) is 0 Å². The maximum Gasteiger partial charge on any atom is 0.239 e. The Labute approximate surface area is 138 Å². The molecule has 1 saturated heterocycles. The van der Waals surface area contributed by atoms with Crippen LogP contribution in [0.15, 0.2) is 18.2 Å². The fourth-order valence-electron chi connectivity index (χ4n) is 2.07. The van der Waals surface area contributed by atoms with Crippen molar-refractivity contribution < 1.29 is 18.0 Å². The molecule has 1 heterocycles. The first kappa shape index (κ1) is 17.1. The number of sulfone groups is 1. The molecule has 1 aromatic carbocycles.